The first-order valence-electron chi connectivity index (χ1n) is 3.22. The Morgan fingerprint density at radius 3 is 2.56 bits per heavy atom. The second-order valence-electron chi connectivity index (χ2n) is 3.10. The van der Waals surface area contributed by atoms with Crippen LogP contribution in [0.5, 0.6) is 0 Å². The first-order valence-corrected chi connectivity index (χ1v) is 4.00. The molecule has 0 aromatic heterocycles. The Kier molecular flexibility index (Phi) is 1.98. The van der Waals surface area contributed by atoms with Gasteiger partial charge in [-0.15, -0.1) is 0 Å². The summed E-state index contributed by atoms with van der Waals surface area (Å²) in [6, 6.07) is 0. The van der Waals surface area contributed by atoms with E-state index >= 15 is 0 Å². The molecule has 1 aliphatic carbocycles. The van der Waals surface area contributed by atoms with E-state index in [1.54, 1.807) is 0 Å². The van der Waals surface area contributed by atoms with Gasteiger partial charge in [0.05, 0.1) is 0 Å². The predicted molar refractivity (Wildman–Crippen MR) is 35.6 cm³/mol. The van der Waals surface area contributed by atoms with Gasteiger partial charge in [0.15, 0.2) is 0 Å². The molecule has 9 heavy (non-hydrogen) atoms. The zero-order valence-corrected chi connectivity index (χ0v) is 7.50. The summed E-state index contributed by atoms with van der Waals surface area (Å²) in [4.78, 5) is 0. The van der Waals surface area contributed by atoms with Gasteiger partial charge in [0.1, 0.15) is 0 Å². The second-order valence-corrected chi connectivity index (χ2v) is 3.94. The van der Waals surface area contributed by atoms with Gasteiger partial charge >= 0.3 is 68.2 Å². The van der Waals surface area contributed by atoms with Crippen molar-refractivity contribution in [3.8, 4) is 0 Å². The fourth-order valence-corrected chi connectivity index (χ4v) is 1.17. The summed E-state index contributed by atoms with van der Waals surface area (Å²) in [5, 5.41) is 0. The van der Waals surface area contributed by atoms with Gasteiger partial charge in [0, 0.05) is 0 Å². The van der Waals surface area contributed by atoms with Gasteiger partial charge in [-0.25, -0.2) is 0 Å². The fraction of sp³-hybridized carbons (Fsp3) is 0.500. The van der Waals surface area contributed by atoms with E-state index in [1.807, 2.05) is 0 Å². The standard InChI is InChI=1S/C8H11.Ti/c1-8(2)6-4-3-5-7-8;/h3-5H,6H2,1-2H3;. The van der Waals surface area contributed by atoms with Crippen molar-refractivity contribution >= 4 is 0 Å². The van der Waals surface area contributed by atoms with Gasteiger partial charge < -0.3 is 0 Å². The van der Waals surface area contributed by atoms with Crippen molar-refractivity contribution in [3.05, 3.63) is 22.1 Å². The topological polar surface area (TPSA) is 0 Å². The van der Waals surface area contributed by atoms with Gasteiger partial charge in [-0.2, -0.15) is 0 Å². The maximum absolute atomic E-state index is 2.28. The van der Waals surface area contributed by atoms with Crippen LogP contribution in [-0.4, -0.2) is 0 Å². The fourth-order valence-electron chi connectivity index (χ4n) is 0.862. The Hall–Kier alpha value is 0.194. The molecule has 1 rings (SSSR count). The maximum atomic E-state index is 2.28. The molecule has 1 aliphatic rings. The molecule has 1 heteroatoms. The Balaban J connectivity index is 2.83. The summed E-state index contributed by atoms with van der Waals surface area (Å²) in [6.07, 6.45) is 7.76. The van der Waals surface area contributed by atoms with Crippen LogP contribution < -0.4 is 0 Å². The van der Waals surface area contributed by atoms with Crippen LogP contribution in [0, 0.1) is 5.41 Å². The average Bonchev–Trinajstić information content (AvgIpc) is 1.77. The Morgan fingerprint density at radius 1 is 1.56 bits per heavy atom. The van der Waals surface area contributed by atoms with Crippen molar-refractivity contribution in [3.63, 3.8) is 0 Å². The molecule has 0 radical (unpaired) electrons. The average molecular weight is 155 g/mol. The molecule has 0 saturated carbocycles. The summed E-state index contributed by atoms with van der Waals surface area (Å²) in [5.41, 5.74) is 0.411. The second kappa shape index (κ2) is 2.44. The van der Waals surface area contributed by atoms with E-state index in [-0.39, 0.29) is 0 Å². The molecule has 0 aromatic carbocycles. The number of allylic oxidation sites excluding steroid dienone is 4. The van der Waals surface area contributed by atoms with Crippen LogP contribution in [0.4, 0.5) is 0 Å². The molecule has 0 atom stereocenters. The summed E-state index contributed by atoms with van der Waals surface area (Å²) in [6.45, 7) is 4.56. The van der Waals surface area contributed by atoms with E-state index < -0.39 is 0 Å². The van der Waals surface area contributed by atoms with E-state index in [4.69, 9.17) is 0 Å². The zero-order chi connectivity index (χ0) is 6.91. The molecule has 0 bridgehead atoms. The molecular formula is C8H11Ti. The van der Waals surface area contributed by atoms with Gasteiger partial charge in [0.25, 0.3) is 0 Å². The number of hydrogen-bond acceptors (Lipinski definition) is 0. The molecule has 0 nitrogen and oxygen atoms in total. The Bertz CT molecular complexity index is 163. The third-order valence-corrected chi connectivity index (χ3v) is 3.07. The molecule has 0 saturated heterocycles. The van der Waals surface area contributed by atoms with E-state index in [0.29, 0.717) is 5.41 Å². The van der Waals surface area contributed by atoms with Gasteiger partial charge in [-0.3, -0.25) is 0 Å². The first-order chi connectivity index (χ1) is 4.13. The molecule has 47 valence electrons. The Labute approximate surface area is 68.4 Å². The number of hydrogen-bond donors (Lipinski definition) is 0. The Morgan fingerprint density at radius 2 is 2.22 bits per heavy atom. The molecule has 0 aliphatic heterocycles. The third-order valence-electron chi connectivity index (χ3n) is 1.76. The van der Waals surface area contributed by atoms with Crippen LogP contribution in [-0.2, 0) is 20.4 Å². The molecule has 0 unspecified atom stereocenters. The zero-order valence-electron chi connectivity index (χ0n) is 5.94. The van der Waals surface area contributed by atoms with E-state index in [1.165, 1.54) is 10.3 Å². The SMILES string of the molecule is CC1(C)CC=CC=[C]1[Ti]. The van der Waals surface area contributed by atoms with E-state index in [9.17, 15) is 0 Å². The van der Waals surface area contributed by atoms with Crippen molar-refractivity contribution in [1.82, 2.24) is 0 Å². The summed E-state index contributed by atoms with van der Waals surface area (Å²) in [5.74, 6) is 0. The van der Waals surface area contributed by atoms with Crippen molar-refractivity contribution in [1.29, 1.82) is 0 Å². The first kappa shape index (κ1) is 7.30. The summed E-state index contributed by atoms with van der Waals surface area (Å²) in [7, 11) is 0. The summed E-state index contributed by atoms with van der Waals surface area (Å²) < 4.78 is 1.49. The molecular weight excluding hydrogens is 144 g/mol. The van der Waals surface area contributed by atoms with E-state index in [0.717, 1.165) is 0 Å². The minimum atomic E-state index is 0.411. The van der Waals surface area contributed by atoms with Crippen molar-refractivity contribution in [2.45, 2.75) is 20.3 Å². The van der Waals surface area contributed by atoms with Gasteiger partial charge in [-0.1, -0.05) is 0 Å². The van der Waals surface area contributed by atoms with E-state index in [2.05, 4.69) is 52.5 Å². The summed E-state index contributed by atoms with van der Waals surface area (Å²) >= 11 is 2.20. The van der Waals surface area contributed by atoms with Crippen LogP contribution in [0.3, 0.4) is 0 Å². The van der Waals surface area contributed by atoms with Crippen LogP contribution in [0.2, 0.25) is 0 Å². The van der Waals surface area contributed by atoms with Crippen molar-refractivity contribution in [2.75, 3.05) is 0 Å². The van der Waals surface area contributed by atoms with Crippen LogP contribution in [0.15, 0.2) is 22.1 Å². The monoisotopic (exact) mass is 155 g/mol. The molecule has 0 aromatic rings. The normalized spacial score (nSPS) is 23.4. The molecule has 0 spiro atoms. The van der Waals surface area contributed by atoms with Gasteiger partial charge in [0.2, 0.25) is 0 Å². The minimum absolute atomic E-state index is 0.411. The molecule has 0 amide bonds. The van der Waals surface area contributed by atoms with Crippen LogP contribution in [0.1, 0.15) is 20.3 Å². The molecule has 0 fully saturated rings. The predicted octanol–water partition coefficient (Wildman–Crippen LogP) is 2.40. The third kappa shape index (κ3) is 1.56. The quantitative estimate of drug-likeness (QED) is 0.471. The molecule has 0 N–H and O–H groups in total. The van der Waals surface area contributed by atoms with Crippen LogP contribution in [0.25, 0.3) is 0 Å². The number of rotatable bonds is 0. The van der Waals surface area contributed by atoms with Gasteiger partial charge in [-0.05, 0) is 0 Å². The van der Waals surface area contributed by atoms with Crippen LogP contribution >= 0.6 is 0 Å². The molecule has 0 heterocycles. The van der Waals surface area contributed by atoms with Crippen molar-refractivity contribution in [2.24, 2.45) is 5.41 Å². The van der Waals surface area contributed by atoms with Crippen molar-refractivity contribution < 1.29 is 20.4 Å².